The Morgan fingerprint density at radius 1 is 0.980 bits per heavy atom. The van der Waals surface area contributed by atoms with E-state index in [4.69, 9.17) is 25.8 Å². The number of amides is 3. The van der Waals surface area contributed by atoms with Crippen LogP contribution >= 0.6 is 34.7 Å². The first-order chi connectivity index (χ1) is 24.7. The minimum absolute atomic E-state index is 0.0629. The zero-order valence-corrected chi connectivity index (χ0v) is 29.8. The Morgan fingerprint density at radius 2 is 1.71 bits per heavy atom. The molecule has 7 atom stereocenters. The smallest absolute Gasteiger partial charge is 0.338 e. The summed E-state index contributed by atoms with van der Waals surface area (Å²) in [5.74, 6) is -1.99. The number of aromatic nitrogens is 1. The molecule has 0 radical (unpaired) electrons. The average molecular weight is 746 g/mol. The summed E-state index contributed by atoms with van der Waals surface area (Å²) in [6, 6.07) is 18.5. The number of imide groups is 1. The first kappa shape index (κ1) is 33.5. The molecule has 3 heterocycles. The van der Waals surface area contributed by atoms with Gasteiger partial charge in [-0.1, -0.05) is 22.9 Å². The first-order valence-corrected chi connectivity index (χ1v) is 18.6. The van der Waals surface area contributed by atoms with Crippen molar-refractivity contribution in [3.8, 4) is 11.5 Å². The number of benzene rings is 3. The van der Waals surface area contributed by atoms with Gasteiger partial charge in [-0.2, -0.15) is 0 Å². The molecular formula is C37H32ClN3O8S2. The number of aromatic amines is 1. The molecule has 4 aromatic rings. The van der Waals surface area contributed by atoms with Crippen LogP contribution in [0.4, 0.5) is 11.4 Å². The molecule has 3 amide bonds. The number of thioether (sulfide) groups is 1. The Hall–Kier alpha value is -4.59. The van der Waals surface area contributed by atoms with Gasteiger partial charge in [-0.3, -0.25) is 24.1 Å². The van der Waals surface area contributed by atoms with Crippen LogP contribution in [0.25, 0.3) is 0 Å². The van der Waals surface area contributed by atoms with Crippen LogP contribution in [0.3, 0.4) is 0 Å². The number of hydrogen-bond acceptors (Lipinski definition) is 10. The molecule has 262 valence electrons. The number of nitrogens with zero attached hydrogens (tertiary/aromatic N) is 1. The van der Waals surface area contributed by atoms with Crippen LogP contribution in [0.2, 0.25) is 5.02 Å². The molecule has 11 nitrogen and oxygen atoms in total. The van der Waals surface area contributed by atoms with E-state index in [0.29, 0.717) is 39.9 Å². The molecule has 8 rings (SSSR count). The summed E-state index contributed by atoms with van der Waals surface area (Å²) < 4.78 is 16.4. The largest absolute Gasteiger partial charge is 0.497 e. The van der Waals surface area contributed by atoms with Crippen LogP contribution < -0.4 is 24.6 Å². The fraction of sp³-hybridized carbons (Fsp3) is 0.324. The van der Waals surface area contributed by atoms with Gasteiger partial charge >= 0.3 is 10.8 Å². The van der Waals surface area contributed by atoms with Crippen molar-refractivity contribution < 1.29 is 33.4 Å². The second-order valence-corrected chi connectivity index (χ2v) is 15.6. The van der Waals surface area contributed by atoms with Crippen LogP contribution in [-0.2, 0) is 19.1 Å². The van der Waals surface area contributed by atoms with Gasteiger partial charge in [-0.15, -0.1) is 11.8 Å². The number of esters is 1. The molecule has 2 saturated carbocycles. The molecule has 3 aromatic carbocycles. The van der Waals surface area contributed by atoms with Crippen molar-refractivity contribution in [2.24, 2.45) is 29.6 Å². The van der Waals surface area contributed by atoms with Crippen LogP contribution in [0.5, 0.6) is 11.5 Å². The molecule has 2 aliphatic carbocycles. The number of hydrogen-bond donors (Lipinski definition) is 2. The van der Waals surface area contributed by atoms with E-state index in [1.807, 2.05) is 6.07 Å². The number of thiazole rings is 1. The van der Waals surface area contributed by atoms with Crippen molar-refractivity contribution in [3.63, 3.8) is 0 Å². The lowest BCUT2D eigenvalue weighted by Crippen LogP contribution is -2.42. The fourth-order valence-electron chi connectivity index (χ4n) is 8.49. The predicted octanol–water partition coefficient (Wildman–Crippen LogP) is 5.97. The highest BCUT2D eigenvalue weighted by molar-refractivity contribution is 8.00. The second kappa shape index (κ2) is 13.2. The van der Waals surface area contributed by atoms with E-state index in [9.17, 15) is 24.0 Å². The highest BCUT2D eigenvalue weighted by Crippen LogP contribution is 2.69. The molecule has 2 N–H and O–H groups in total. The van der Waals surface area contributed by atoms with Crippen molar-refractivity contribution in [2.75, 3.05) is 30.5 Å². The quantitative estimate of drug-likeness (QED) is 0.156. The lowest BCUT2D eigenvalue weighted by atomic mass is 9.68. The predicted molar refractivity (Wildman–Crippen MR) is 192 cm³/mol. The van der Waals surface area contributed by atoms with E-state index in [1.54, 1.807) is 86.5 Å². The molecule has 2 bridgehead atoms. The first-order valence-electron chi connectivity index (χ1n) is 16.6. The summed E-state index contributed by atoms with van der Waals surface area (Å²) in [4.78, 5) is 71.2. The Balaban J connectivity index is 1.10. The van der Waals surface area contributed by atoms with Crippen molar-refractivity contribution in [1.82, 2.24) is 4.98 Å². The van der Waals surface area contributed by atoms with Gasteiger partial charge in [0.25, 0.3) is 5.91 Å². The number of ether oxygens (including phenoxy) is 3. The van der Waals surface area contributed by atoms with Crippen LogP contribution in [0, 0.1) is 29.6 Å². The third-order valence-corrected chi connectivity index (χ3v) is 13.2. The standard InChI is InChI=1S/C37H32ClN3O8S2/c1-3-48-36(45)17-4-9-20(10-5-17)41-34(43)29-23-15-24(30(29)35(41)44)31-28(23)27(32-33(50-31)40-37(46)51-32)22-14-18(38)6-13-25(22)49-16-26(42)39-19-7-11-21(47-2)12-8-19/h4-14,23-24,27-31H,3,15-16H2,1-2H3,(H,39,42)(H,40,46)/t23-,24-,27+,28-,29+,30+,31-/m1/s1. The second-order valence-electron chi connectivity index (χ2n) is 13.0. The normalized spacial score (nSPS) is 25.6. The number of carbonyl (C=O) groups excluding carboxylic acids is 4. The van der Waals surface area contributed by atoms with E-state index in [-0.39, 0.29) is 64.7 Å². The maximum Gasteiger partial charge on any atom is 0.338 e. The van der Waals surface area contributed by atoms with Gasteiger partial charge < -0.3 is 24.5 Å². The molecular weight excluding hydrogens is 714 g/mol. The number of carbonyl (C=O) groups is 4. The SMILES string of the molecule is CCOC(=O)c1ccc(N2C(=O)[C@H]3[C@H]4C[C@@H]([C@@H]3C2=O)[C@@H]2[C@H](c3cc(Cl)ccc3OCC(=O)Nc3ccc(OC)cc3)c3sc(=O)[nH]c3S[C@H]42)cc1. The maximum atomic E-state index is 14.2. The Morgan fingerprint density at radius 3 is 2.41 bits per heavy atom. The summed E-state index contributed by atoms with van der Waals surface area (Å²) >= 11 is 9.30. The lowest BCUT2D eigenvalue weighted by molar-refractivity contribution is -0.123. The van der Waals surface area contributed by atoms with Gasteiger partial charge in [-0.05, 0) is 97.8 Å². The van der Waals surface area contributed by atoms with Gasteiger partial charge in [0.2, 0.25) is 11.8 Å². The summed E-state index contributed by atoms with van der Waals surface area (Å²) in [5.41, 5.74) is 2.06. The molecule has 2 aliphatic heterocycles. The van der Waals surface area contributed by atoms with E-state index in [1.165, 1.54) is 4.90 Å². The van der Waals surface area contributed by atoms with E-state index in [2.05, 4.69) is 10.3 Å². The highest BCUT2D eigenvalue weighted by Gasteiger charge is 2.70. The van der Waals surface area contributed by atoms with Crippen molar-refractivity contribution >= 4 is 69.8 Å². The summed E-state index contributed by atoms with van der Waals surface area (Å²) in [7, 11) is 1.57. The lowest BCUT2D eigenvalue weighted by Gasteiger charge is -2.43. The number of fused-ring (bicyclic) bond motifs is 9. The van der Waals surface area contributed by atoms with Crippen LogP contribution in [0.15, 0.2) is 76.6 Å². The average Bonchev–Trinajstić information content (AvgIpc) is 3.87. The monoisotopic (exact) mass is 745 g/mol. The van der Waals surface area contributed by atoms with Gasteiger partial charge in [0, 0.05) is 32.3 Å². The van der Waals surface area contributed by atoms with Crippen LogP contribution in [0.1, 0.15) is 40.1 Å². The number of rotatable bonds is 9. The topological polar surface area (TPSA) is 144 Å². The van der Waals surface area contributed by atoms with Crippen LogP contribution in [-0.4, -0.2) is 54.2 Å². The molecule has 14 heteroatoms. The number of methoxy groups -OCH3 is 1. The van der Waals surface area contributed by atoms with Crippen molar-refractivity contribution in [1.29, 1.82) is 0 Å². The number of anilines is 2. The summed E-state index contributed by atoms with van der Waals surface area (Å²) in [6.45, 7) is 1.68. The van der Waals surface area contributed by atoms with E-state index >= 15 is 0 Å². The zero-order chi connectivity index (χ0) is 35.6. The van der Waals surface area contributed by atoms with Crippen molar-refractivity contribution in [3.05, 3.63) is 97.4 Å². The zero-order valence-electron chi connectivity index (χ0n) is 27.4. The maximum absolute atomic E-state index is 14.2. The number of H-pyrrole nitrogens is 1. The molecule has 0 unspecified atom stereocenters. The molecule has 4 aliphatic rings. The Bertz CT molecular complexity index is 2120. The molecule has 1 aromatic heterocycles. The fourth-order valence-corrected chi connectivity index (χ4v) is 11.5. The summed E-state index contributed by atoms with van der Waals surface area (Å²) in [6.07, 6.45) is 0.696. The minimum Gasteiger partial charge on any atom is -0.497 e. The van der Waals surface area contributed by atoms with Gasteiger partial charge in [0.15, 0.2) is 6.61 Å². The van der Waals surface area contributed by atoms with Gasteiger partial charge in [-0.25, -0.2) is 4.79 Å². The van der Waals surface area contributed by atoms with Gasteiger partial charge in [0.1, 0.15) is 11.5 Å². The number of nitrogens with one attached hydrogen (secondary N) is 2. The molecule has 1 saturated heterocycles. The van der Waals surface area contributed by atoms with E-state index < -0.39 is 17.8 Å². The molecule has 0 spiro atoms. The highest BCUT2D eigenvalue weighted by atomic mass is 35.5. The summed E-state index contributed by atoms with van der Waals surface area (Å²) in [5, 5.41) is 3.97. The Kier molecular flexibility index (Phi) is 8.67. The Labute approximate surface area is 305 Å². The minimum atomic E-state index is -0.535. The third-order valence-electron chi connectivity index (χ3n) is 10.4. The number of halogens is 1. The van der Waals surface area contributed by atoms with E-state index in [0.717, 1.165) is 26.8 Å². The third kappa shape index (κ3) is 5.71. The van der Waals surface area contributed by atoms with Gasteiger partial charge in [0.05, 0.1) is 41.8 Å². The molecule has 3 fully saturated rings. The van der Waals surface area contributed by atoms with Crippen molar-refractivity contribution in [2.45, 2.75) is 29.5 Å². The molecule has 51 heavy (non-hydrogen) atoms.